The van der Waals surface area contributed by atoms with Crippen molar-refractivity contribution in [3.63, 3.8) is 0 Å². The Balaban J connectivity index is 1.14. The third-order valence-electron chi connectivity index (χ3n) is 8.49. The number of fused-ring (bicyclic) bond motifs is 2. The summed E-state index contributed by atoms with van der Waals surface area (Å²) in [5.74, 6) is 1.13. The quantitative estimate of drug-likeness (QED) is 0.177. The summed E-state index contributed by atoms with van der Waals surface area (Å²) in [6.45, 7) is 4.98. The molecular weight excluding hydrogens is 666 g/mol. The molecule has 0 amide bonds. The molecule has 2 saturated heterocycles. The average molecular weight is 699 g/mol. The minimum atomic E-state index is -4.38. The molecule has 2 aliphatic rings. The molecule has 0 radical (unpaired) electrons. The van der Waals surface area contributed by atoms with E-state index >= 15 is 0 Å². The molecule has 0 unspecified atom stereocenters. The van der Waals surface area contributed by atoms with Gasteiger partial charge in [-0.3, -0.25) is 0 Å². The van der Waals surface area contributed by atoms with E-state index in [0.29, 0.717) is 65.0 Å². The number of hydrogen-bond acceptors (Lipinski definition) is 10. The molecule has 2 aromatic carbocycles. The highest BCUT2D eigenvalue weighted by Gasteiger charge is 2.30. The van der Waals surface area contributed by atoms with Gasteiger partial charge in [0.25, 0.3) is 0 Å². The number of halogens is 3. The van der Waals surface area contributed by atoms with E-state index in [4.69, 9.17) is 14.7 Å². The number of ether oxygens (including phenoxy) is 1. The van der Waals surface area contributed by atoms with Gasteiger partial charge >= 0.3 is 6.18 Å². The topological polar surface area (TPSA) is 108 Å². The molecule has 5 heterocycles. The number of hydrazone groups is 1. The Bertz CT molecular complexity index is 2070. The van der Waals surface area contributed by atoms with E-state index in [2.05, 4.69) is 20.3 Å². The number of morpholine rings is 1. The molecule has 0 atom stereocenters. The molecule has 7 rings (SSSR count). The zero-order valence-corrected chi connectivity index (χ0v) is 27.7. The fraction of sp³-hybridized carbons (Fsp3) is 0.344. The van der Waals surface area contributed by atoms with Crippen LogP contribution < -0.4 is 15.2 Å². The van der Waals surface area contributed by atoms with Gasteiger partial charge in [0.15, 0.2) is 5.82 Å². The van der Waals surface area contributed by atoms with Crippen molar-refractivity contribution in [1.29, 1.82) is 0 Å². The van der Waals surface area contributed by atoms with Crippen LogP contribution in [0, 0.1) is 0 Å². The number of piperazine rings is 1. The van der Waals surface area contributed by atoms with Crippen molar-refractivity contribution in [2.75, 3.05) is 74.0 Å². The van der Waals surface area contributed by atoms with E-state index in [1.54, 1.807) is 17.6 Å². The van der Waals surface area contributed by atoms with E-state index in [9.17, 15) is 21.6 Å². The van der Waals surface area contributed by atoms with Crippen LogP contribution in [0.5, 0.6) is 0 Å². The Morgan fingerprint density at radius 1 is 0.979 bits per heavy atom. The van der Waals surface area contributed by atoms with Crippen molar-refractivity contribution >= 4 is 65.5 Å². The van der Waals surface area contributed by atoms with Crippen molar-refractivity contribution in [1.82, 2.24) is 18.8 Å². The highest BCUT2D eigenvalue weighted by Crippen LogP contribution is 2.38. The summed E-state index contributed by atoms with van der Waals surface area (Å²) in [5.41, 5.74) is 5.60. The zero-order valence-electron chi connectivity index (χ0n) is 26.0. The summed E-state index contributed by atoms with van der Waals surface area (Å²) in [6.07, 6.45) is 0.472. The average Bonchev–Trinajstić information content (AvgIpc) is 3.66. The maximum atomic E-state index is 13.1. The fourth-order valence-electron chi connectivity index (χ4n) is 6.00. The molecule has 16 heteroatoms. The van der Waals surface area contributed by atoms with Gasteiger partial charge in [-0.2, -0.15) is 27.6 Å². The number of anilines is 3. The van der Waals surface area contributed by atoms with Crippen LogP contribution >= 0.6 is 11.3 Å². The number of sulfonamides is 1. The highest BCUT2D eigenvalue weighted by atomic mass is 32.2. The van der Waals surface area contributed by atoms with Crippen LogP contribution in [0.4, 0.5) is 29.9 Å². The lowest BCUT2D eigenvalue weighted by Crippen LogP contribution is -2.48. The van der Waals surface area contributed by atoms with Crippen LogP contribution in [0.25, 0.3) is 21.1 Å². The first kappa shape index (κ1) is 32.3. The number of alkyl halides is 3. The zero-order chi connectivity index (χ0) is 33.5. The first-order valence-electron chi connectivity index (χ1n) is 15.4. The standard InChI is InChI=1S/C32H33F3N8O3S2/c1-48(44,45)43-12-10-40(11-13-43)28-18-26-29(47-28)30(41-14-16-46-17-15-41)38-31(37-26)39-36-19-23-21-42(27-5-3-2-4-25(23)27)20-22-6-8-24(9-7-22)32(33,34)35/h2-9,18-19,21H,10-17,20H2,1H3,(H,37,38,39)/b36-19+. The summed E-state index contributed by atoms with van der Waals surface area (Å²) in [4.78, 5) is 14.0. The third kappa shape index (κ3) is 6.83. The van der Waals surface area contributed by atoms with E-state index in [1.807, 2.05) is 41.1 Å². The van der Waals surface area contributed by atoms with Crippen molar-refractivity contribution in [3.8, 4) is 0 Å². The third-order valence-corrected chi connectivity index (χ3v) is 11.0. The number of aromatic nitrogens is 3. The van der Waals surface area contributed by atoms with Gasteiger partial charge in [0, 0.05) is 68.5 Å². The molecule has 0 aliphatic carbocycles. The van der Waals surface area contributed by atoms with Crippen molar-refractivity contribution in [3.05, 3.63) is 77.5 Å². The summed E-state index contributed by atoms with van der Waals surface area (Å²) in [6, 6.07) is 15.0. The summed E-state index contributed by atoms with van der Waals surface area (Å²) in [7, 11) is -3.23. The SMILES string of the molecule is CS(=O)(=O)N1CCN(c2cc3nc(N/N=C/c4cn(Cc5ccc(C(F)(F)F)cc5)c5ccccc45)nc(N4CCOCC4)c3s2)CC1. The minimum absolute atomic E-state index is 0.333. The van der Waals surface area contributed by atoms with Crippen molar-refractivity contribution in [2.45, 2.75) is 12.7 Å². The normalized spacial score (nSPS) is 16.8. The van der Waals surface area contributed by atoms with Crippen molar-refractivity contribution < 1.29 is 26.3 Å². The molecule has 2 aliphatic heterocycles. The molecule has 48 heavy (non-hydrogen) atoms. The lowest BCUT2D eigenvalue weighted by Gasteiger charge is -2.33. The van der Waals surface area contributed by atoms with Crippen LogP contribution in [-0.4, -0.2) is 92.2 Å². The van der Waals surface area contributed by atoms with Gasteiger partial charge in [-0.15, -0.1) is 11.3 Å². The predicted octanol–water partition coefficient (Wildman–Crippen LogP) is 5.08. The van der Waals surface area contributed by atoms with Gasteiger partial charge in [0.05, 0.1) is 46.5 Å². The first-order valence-corrected chi connectivity index (χ1v) is 18.1. The maximum Gasteiger partial charge on any atom is 0.416 e. The van der Waals surface area contributed by atoms with E-state index in [-0.39, 0.29) is 0 Å². The van der Waals surface area contributed by atoms with Gasteiger partial charge in [0.2, 0.25) is 16.0 Å². The Morgan fingerprint density at radius 3 is 2.42 bits per heavy atom. The number of rotatable bonds is 8. The number of thiophene rings is 1. The minimum Gasteiger partial charge on any atom is -0.378 e. The highest BCUT2D eigenvalue weighted by molar-refractivity contribution is 7.88. The smallest absolute Gasteiger partial charge is 0.378 e. The lowest BCUT2D eigenvalue weighted by atomic mass is 10.1. The lowest BCUT2D eigenvalue weighted by molar-refractivity contribution is -0.137. The van der Waals surface area contributed by atoms with Gasteiger partial charge in [-0.1, -0.05) is 30.3 Å². The predicted molar refractivity (Wildman–Crippen MR) is 183 cm³/mol. The van der Waals surface area contributed by atoms with Gasteiger partial charge in [0.1, 0.15) is 0 Å². The molecule has 2 fully saturated rings. The number of nitrogens with zero attached hydrogens (tertiary/aromatic N) is 7. The van der Waals surface area contributed by atoms with E-state index in [0.717, 1.165) is 55.2 Å². The van der Waals surface area contributed by atoms with Crippen LogP contribution in [0.1, 0.15) is 16.7 Å². The second-order valence-electron chi connectivity index (χ2n) is 11.7. The Hall–Kier alpha value is -4.25. The maximum absolute atomic E-state index is 13.1. The summed E-state index contributed by atoms with van der Waals surface area (Å²) >= 11 is 1.59. The van der Waals surface area contributed by atoms with Crippen LogP contribution in [0.3, 0.4) is 0 Å². The van der Waals surface area contributed by atoms with Crippen LogP contribution in [-0.2, 0) is 27.5 Å². The summed E-state index contributed by atoms with van der Waals surface area (Å²) < 4.78 is 73.2. The Labute approximate surface area is 279 Å². The molecule has 252 valence electrons. The molecule has 0 spiro atoms. The second kappa shape index (κ2) is 13.0. The molecule has 0 bridgehead atoms. The van der Waals surface area contributed by atoms with Gasteiger partial charge in [-0.25, -0.2) is 18.8 Å². The molecule has 11 nitrogen and oxygen atoms in total. The molecule has 5 aromatic rings. The molecule has 0 saturated carbocycles. The number of benzene rings is 2. The Kier molecular flexibility index (Phi) is 8.74. The van der Waals surface area contributed by atoms with Gasteiger partial charge in [-0.05, 0) is 29.8 Å². The van der Waals surface area contributed by atoms with E-state index in [1.165, 1.54) is 22.7 Å². The molecule has 1 N–H and O–H groups in total. The fourth-order valence-corrected chi connectivity index (χ4v) is 8.00. The van der Waals surface area contributed by atoms with Crippen molar-refractivity contribution in [2.24, 2.45) is 5.10 Å². The monoisotopic (exact) mass is 698 g/mol. The van der Waals surface area contributed by atoms with Crippen LogP contribution in [0.2, 0.25) is 0 Å². The number of hydrogen-bond donors (Lipinski definition) is 1. The van der Waals surface area contributed by atoms with E-state index < -0.39 is 21.8 Å². The molecular formula is C32H33F3N8O3S2. The van der Waals surface area contributed by atoms with Crippen LogP contribution in [0.15, 0.2) is 65.9 Å². The second-order valence-corrected chi connectivity index (χ2v) is 14.7. The molecule has 3 aromatic heterocycles. The largest absolute Gasteiger partial charge is 0.416 e. The van der Waals surface area contributed by atoms with Gasteiger partial charge < -0.3 is 19.1 Å². The Morgan fingerprint density at radius 2 is 1.71 bits per heavy atom. The first-order chi connectivity index (χ1) is 23.0. The number of nitrogens with one attached hydrogen (secondary N) is 1. The number of para-hydroxylation sites is 1. The summed E-state index contributed by atoms with van der Waals surface area (Å²) in [5, 5.41) is 6.44.